The largest absolute Gasteiger partial charge is 0.476 e. The lowest BCUT2D eigenvalue weighted by Gasteiger charge is -2.36. The Hall–Kier alpha value is -4.41. The van der Waals surface area contributed by atoms with Gasteiger partial charge in [-0.15, -0.1) is 17.8 Å². The highest BCUT2D eigenvalue weighted by Gasteiger charge is 2.37. The molecule has 0 saturated heterocycles. The van der Waals surface area contributed by atoms with E-state index in [0.717, 1.165) is 16.7 Å². The molecule has 4 aromatic rings. The van der Waals surface area contributed by atoms with Gasteiger partial charge in [0.05, 0.1) is 0 Å². The summed E-state index contributed by atoms with van der Waals surface area (Å²) in [5, 5.41) is 19.0. The summed E-state index contributed by atoms with van der Waals surface area (Å²) in [6.45, 7) is -0.134. The lowest BCUT2D eigenvalue weighted by molar-refractivity contribution is -0.129. The van der Waals surface area contributed by atoms with Gasteiger partial charge in [-0.2, -0.15) is 0 Å². The van der Waals surface area contributed by atoms with Crippen molar-refractivity contribution in [2.24, 2.45) is 5.16 Å². The van der Waals surface area contributed by atoms with Gasteiger partial charge < -0.3 is 15.3 Å². The first-order valence-electron chi connectivity index (χ1n) is 10.4. The molecule has 3 aromatic carbocycles. The summed E-state index contributed by atoms with van der Waals surface area (Å²) in [7, 11) is 0. The van der Waals surface area contributed by atoms with E-state index in [1.807, 2.05) is 54.6 Å². The molecule has 6 nitrogen and oxygen atoms in total. The zero-order valence-corrected chi connectivity index (χ0v) is 18.9. The van der Waals surface area contributed by atoms with Gasteiger partial charge in [-0.1, -0.05) is 102 Å². The molecule has 1 heterocycles. The number of hydrogen-bond donors (Lipinski definition) is 2. The number of thiazole rings is 1. The van der Waals surface area contributed by atoms with Crippen molar-refractivity contribution in [3.63, 3.8) is 0 Å². The number of aromatic nitrogens is 1. The minimum atomic E-state index is -1.26. The van der Waals surface area contributed by atoms with Crippen LogP contribution < -0.4 is 5.32 Å². The maximum Gasteiger partial charge on any atom is 0.360 e. The maximum absolute atomic E-state index is 11.7. The molecule has 1 aromatic heterocycles. The Kier molecular flexibility index (Phi) is 7.01. The van der Waals surface area contributed by atoms with Crippen molar-refractivity contribution in [3.8, 4) is 12.3 Å². The quantitative estimate of drug-likeness (QED) is 0.119. The van der Waals surface area contributed by atoms with Crippen molar-refractivity contribution in [3.05, 3.63) is 119 Å². The highest BCUT2D eigenvalue weighted by atomic mass is 32.1. The fraction of sp³-hybridized carbons (Fsp3) is 0.0741. The number of carbonyl (C=O) groups is 1. The zero-order valence-electron chi connectivity index (χ0n) is 18.1. The van der Waals surface area contributed by atoms with E-state index in [1.165, 1.54) is 11.3 Å². The van der Waals surface area contributed by atoms with Gasteiger partial charge in [0.1, 0.15) is 11.2 Å². The molecule has 0 radical (unpaired) electrons. The first kappa shape index (κ1) is 22.8. The normalized spacial score (nSPS) is 11.4. The van der Waals surface area contributed by atoms with E-state index in [9.17, 15) is 9.90 Å². The fourth-order valence-electron chi connectivity index (χ4n) is 3.71. The molecule has 0 fully saturated rings. The van der Waals surface area contributed by atoms with Gasteiger partial charge in [-0.3, -0.25) is 0 Å². The second kappa shape index (κ2) is 10.5. The molecule has 7 heteroatoms. The number of anilines is 1. The van der Waals surface area contributed by atoms with Crippen LogP contribution in [-0.2, 0) is 15.2 Å². The molecule has 168 valence electrons. The number of hydrogen-bond acceptors (Lipinski definition) is 6. The standard InChI is InChI=1S/C27H21N3O3S/c1-2-18-33-30-24(25(31)32)23-19-34-26(28-23)29-27(20-12-6-3-7-13-20,21-14-8-4-9-15-21)22-16-10-5-11-17-22/h1,3-17,19H,18H2,(H,28,29)(H,31,32)/b30-24-. The van der Waals surface area contributed by atoms with Crippen LogP contribution in [0.15, 0.2) is 102 Å². The van der Waals surface area contributed by atoms with Gasteiger partial charge in [0.15, 0.2) is 11.7 Å². The van der Waals surface area contributed by atoms with Crippen LogP contribution in [0.25, 0.3) is 0 Å². The number of benzene rings is 3. The van der Waals surface area contributed by atoms with Crippen LogP contribution in [-0.4, -0.2) is 28.4 Å². The SMILES string of the molecule is C#CCO/N=C(\C(=O)O)c1csc(NC(c2ccccc2)(c2ccccc2)c2ccccc2)n1. The Bertz CT molecular complexity index is 1220. The summed E-state index contributed by atoms with van der Waals surface area (Å²) in [5.74, 6) is 0.997. The van der Waals surface area contributed by atoms with Crippen molar-refractivity contribution in [1.82, 2.24) is 4.98 Å². The second-order valence-electron chi connectivity index (χ2n) is 7.23. The molecule has 0 bridgehead atoms. The van der Waals surface area contributed by atoms with E-state index < -0.39 is 11.5 Å². The van der Waals surface area contributed by atoms with Crippen LogP contribution in [0.1, 0.15) is 22.4 Å². The lowest BCUT2D eigenvalue weighted by atomic mass is 9.77. The Balaban J connectivity index is 1.85. The smallest absolute Gasteiger partial charge is 0.360 e. The van der Waals surface area contributed by atoms with Crippen molar-refractivity contribution in [1.29, 1.82) is 0 Å². The molecule has 2 N–H and O–H groups in total. The third kappa shape index (κ3) is 4.68. The molecule has 0 aliphatic heterocycles. The van der Waals surface area contributed by atoms with Crippen LogP contribution in [0.2, 0.25) is 0 Å². The third-order valence-electron chi connectivity index (χ3n) is 5.17. The van der Waals surface area contributed by atoms with E-state index in [-0.39, 0.29) is 18.0 Å². The fourth-order valence-corrected chi connectivity index (χ4v) is 4.46. The summed E-state index contributed by atoms with van der Waals surface area (Å²) >= 11 is 1.28. The second-order valence-corrected chi connectivity index (χ2v) is 8.09. The monoisotopic (exact) mass is 467 g/mol. The number of carboxylic acid groups (broad SMARTS) is 1. The van der Waals surface area contributed by atoms with Crippen molar-refractivity contribution >= 4 is 28.1 Å². The van der Waals surface area contributed by atoms with Crippen LogP contribution in [0, 0.1) is 12.3 Å². The van der Waals surface area contributed by atoms with Crippen molar-refractivity contribution in [2.45, 2.75) is 5.54 Å². The summed E-state index contributed by atoms with van der Waals surface area (Å²) in [5.41, 5.74) is 2.11. The van der Waals surface area contributed by atoms with Crippen LogP contribution in [0.4, 0.5) is 5.13 Å². The van der Waals surface area contributed by atoms with Gasteiger partial charge in [0.2, 0.25) is 5.71 Å². The first-order chi connectivity index (χ1) is 16.6. The topological polar surface area (TPSA) is 83.8 Å². The van der Waals surface area contributed by atoms with Crippen LogP contribution >= 0.6 is 11.3 Å². The number of nitrogens with zero attached hydrogens (tertiary/aromatic N) is 2. The van der Waals surface area contributed by atoms with Gasteiger partial charge in [0.25, 0.3) is 0 Å². The number of carboxylic acids is 1. The molecular formula is C27H21N3O3S. The molecule has 34 heavy (non-hydrogen) atoms. The molecule has 0 saturated carbocycles. The number of aliphatic carboxylic acids is 1. The predicted molar refractivity (Wildman–Crippen MR) is 134 cm³/mol. The molecular weight excluding hydrogens is 446 g/mol. The Morgan fingerprint density at radius 1 is 0.971 bits per heavy atom. The number of terminal acetylenes is 1. The van der Waals surface area contributed by atoms with Crippen molar-refractivity contribution < 1.29 is 14.7 Å². The minimum absolute atomic E-state index is 0.134. The highest BCUT2D eigenvalue weighted by molar-refractivity contribution is 7.14. The number of nitrogens with one attached hydrogen (secondary N) is 1. The molecule has 0 aliphatic rings. The number of oxime groups is 1. The first-order valence-corrected chi connectivity index (χ1v) is 11.3. The van der Waals surface area contributed by atoms with Gasteiger partial charge in [-0.05, 0) is 16.7 Å². The van der Waals surface area contributed by atoms with Crippen molar-refractivity contribution in [2.75, 3.05) is 11.9 Å². The molecule has 0 unspecified atom stereocenters. The Morgan fingerprint density at radius 2 is 1.47 bits per heavy atom. The molecule has 0 amide bonds. The summed E-state index contributed by atoms with van der Waals surface area (Å²) in [6.07, 6.45) is 5.15. The van der Waals surface area contributed by atoms with Crippen LogP contribution in [0.5, 0.6) is 0 Å². The molecule has 0 spiro atoms. The Morgan fingerprint density at radius 3 is 1.91 bits per heavy atom. The molecule has 0 aliphatic carbocycles. The Labute approximate surface area is 201 Å². The zero-order chi connectivity index (χ0) is 23.8. The minimum Gasteiger partial charge on any atom is -0.476 e. The predicted octanol–water partition coefficient (Wildman–Crippen LogP) is 4.99. The van der Waals surface area contributed by atoms with E-state index in [4.69, 9.17) is 11.3 Å². The maximum atomic E-state index is 11.7. The van der Waals surface area contributed by atoms with E-state index in [1.54, 1.807) is 5.38 Å². The summed E-state index contributed by atoms with van der Waals surface area (Å²) in [4.78, 5) is 21.2. The third-order valence-corrected chi connectivity index (χ3v) is 5.93. The highest BCUT2D eigenvalue weighted by Crippen LogP contribution is 2.40. The average Bonchev–Trinajstić information content (AvgIpc) is 3.34. The van der Waals surface area contributed by atoms with Crippen LogP contribution in [0.3, 0.4) is 0 Å². The summed E-state index contributed by atoms with van der Waals surface area (Å²) in [6, 6.07) is 30.2. The van der Waals surface area contributed by atoms with Gasteiger partial charge in [-0.25, -0.2) is 9.78 Å². The molecule has 4 rings (SSSR count). The van der Waals surface area contributed by atoms with E-state index >= 15 is 0 Å². The van der Waals surface area contributed by atoms with E-state index in [2.05, 4.69) is 57.8 Å². The van der Waals surface area contributed by atoms with E-state index in [0.29, 0.717) is 5.13 Å². The number of rotatable bonds is 9. The lowest BCUT2D eigenvalue weighted by Crippen LogP contribution is -2.38. The average molecular weight is 468 g/mol. The molecule has 0 atom stereocenters. The van der Waals surface area contributed by atoms with Gasteiger partial charge in [0, 0.05) is 5.38 Å². The van der Waals surface area contributed by atoms with Gasteiger partial charge >= 0.3 is 5.97 Å². The summed E-state index contributed by atoms with van der Waals surface area (Å²) < 4.78 is 0.